The lowest BCUT2D eigenvalue weighted by atomic mass is 10.1. The van der Waals surface area contributed by atoms with E-state index in [-0.39, 0.29) is 23.1 Å². The van der Waals surface area contributed by atoms with Gasteiger partial charge in [0.1, 0.15) is 12.1 Å². The van der Waals surface area contributed by atoms with Gasteiger partial charge in [0.25, 0.3) is 5.91 Å². The Morgan fingerprint density at radius 1 is 1.29 bits per heavy atom. The number of hydrazone groups is 1. The van der Waals surface area contributed by atoms with Crippen molar-refractivity contribution >= 4 is 29.2 Å². The van der Waals surface area contributed by atoms with E-state index in [2.05, 4.69) is 46.0 Å². The summed E-state index contributed by atoms with van der Waals surface area (Å²) in [4.78, 5) is 13.0. The van der Waals surface area contributed by atoms with Gasteiger partial charge in [-0.1, -0.05) is 29.1 Å². The van der Waals surface area contributed by atoms with Gasteiger partial charge in [0.05, 0.1) is 18.0 Å². The molecule has 0 atom stereocenters. The molecule has 0 saturated carbocycles. The highest BCUT2D eigenvalue weighted by Gasteiger charge is 2.24. The number of carbonyl (C=O) groups excluding carboxylic acids is 1. The highest BCUT2D eigenvalue weighted by Crippen LogP contribution is 2.24. The smallest absolute Gasteiger partial charge is 0.293 e. The lowest BCUT2D eigenvalue weighted by Crippen LogP contribution is -2.21. The molecule has 4 rings (SSSR count). The number of thioether (sulfide) groups is 1. The molecular weight excluding hydrogens is 462 g/mol. The van der Waals surface area contributed by atoms with E-state index in [1.54, 1.807) is 17.8 Å². The lowest BCUT2D eigenvalue weighted by molar-refractivity contribution is 0.0949. The predicted molar refractivity (Wildman–Crippen MR) is 121 cm³/mol. The van der Waals surface area contributed by atoms with Crippen LogP contribution in [0.25, 0.3) is 5.82 Å². The average molecular weight is 484 g/mol. The van der Waals surface area contributed by atoms with Crippen molar-refractivity contribution < 1.29 is 14.2 Å². The van der Waals surface area contributed by atoms with E-state index in [0.29, 0.717) is 28.9 Å². The van der Waals surface area contributed by atoms with E-state index in [9.17, 15) is 4.79 Å². The van der Waals surface area contributed by atoms with Gasteiger partial charge in [0.15, 0.2) is 10.9 Å². The fourth-order valence-corrected chi connectivity index (χ4v) is 3.83. The van der Waals surface area contributed by atoms with Crippen molar-refractivity contribution in [2.24, 2.45) is 12.1 Å². The molecule has 15 heteroatoms. The summed E-state index contributed by atoms with van der Waals surface area (Å²) in [5, 5.41) is 28.1. The van der Waals surface area contributed by atoms with E-state index in [0.717, 1.165) is 5.56 Å². The molecule has 1 amide bonds. The maximum atomic E-state index is 13.0. The van der Waals surface area contributed by atoms with Gasteiger partial charge < -0.3 is 15.0 Å². The first-order valence-electron chi connectivity index (χ1n) is 10.1. The SMILES string of the molecule is CCOc1ccccc1/C(C)=N/NC(=O)c1nnn(-c2nonc2N)c1CSc1nncn1C. The average Bonchev–Trinajstić information content (AvgIpc) is 3.56. The van der Waals surface area contributed by atoms with Crippen LogP contribution in [-0.2, 0) is 12.8 Å². The first-order valence-corrected chi connectivity index (χ1v) is 11.0. The van der Waals surface area contributed by atoms with Crippen LogP contribution in [0.1, 0.15) is 35.6 Å². The molecule has 0 radical (unpaired) electrons. The Morgan fingerprint density at radius 2 is 2.12 bits per heavy atom. The second-order valence-corrected chi connectivity index (χ2v) is 7.79. The van der Waals surface area contributed by atoms with E-state index in [1.807, 2.05) is 38.2 Å². The quantitative estimate of drug-likeness (QED) is 0.199. The molecule has 3 N–H and O–H groups in total. The number of nitrogens with zero attached hydrogens (tertiary/aromatic N) is 9. The molecule has 0 fully saturated rings. The number of nitrogens with one attached hydrogen (secondary N) is 1. The van der Waals surface area contributed by atoms with Crippen LogP contribution in [0.3, 0.4) is 0 Å². The third-order valence-corrected chi connectivity index (χ3v) is 5.63. The number of amides is 1. The van der Waals surface area contributed by atoms with Crippen LogP contribution in [0.15, 0.2) is 45.5 Å². The molecule has 0 aliphatic carbocycles. The molecule has 3 aromatic heterocycles. The number of aryl methyl sites for hydroxylation is 1. The number of hydrogen-bond donors (Lipinski definition) is 2. The molecule has 14 nitrogen and oxygen atoms in total. The molecule has 34 heavy (non-hydrogen) atoms. The molecule has 3 heterocycles. The largest absolute Gasteiger partial charge is 0.493 e. The van der Waals surface area contributed by atoms with Crippen LogP contribution in [0.5, 0.6) is 5.75 Å². The van der Waals surface area contributed by atoms with Gasteiger partial charge in [-0.25, -0.2) is 10.1 Å². The molecule has 176 valence electrons. The zero-order valence-electron chi connectivity index (χ0n) is 18.5. The Bertz CT molecular complexity index is 1330. The van der Waals surface area contributed by atoms with Crippen molar-refractivity contribution in [2.75, 3.05) is 12.3 Å². The molecule has 0 aliphatic rings. The zero-order chi connectivity index (χ0) is 24.1. The number of nitrogen functional groups attached to an aromatic ring is 1. The number of aromatic nitrogens is 8. The minimum Gasteiger partial charge on any atom is -0.493 e. The zero-order valence-corrected chi connectivity index (χ0v) is 19.4. The van der Waals surface area contributed by atoms with Crippen LogP contribution in [0.2, 0.25) is 0 Å². The minimum atomic E-state index is -0.567. The van der Waals surface area contributed by atoms with Crippen molar-refractivity contribution in [1.82, 2.24) is 45.5 Å². The van der Waals surface area contributed by atoms with Gasteiger partial charge in [0, 0.05) is 18.4 Å². The third kappa shape index (κ3) is 4.73. The molecule has 0 saturated heterocycles. The number of benzene rings is 1. The number of hydrogen-bond acceptors (Lipinski definition) is 12. The standard InChI is InChI=1S/C19H21N11O3S/c1-4-32-14-8-6-5-7-12(14)11(2)22-24-18(31)15-13(9-34-19-25-21-10-29(19)3)30(28-23-15)17-16(20)26-33-27-17/h5-8,10H,4,9H2,1-3H3,(H2,20,26)(H,24,31)/b22-11+. The number of anilines is 1. The number of rotatable bonds is 9. The summed E-state index contributed by atoms with van der Waals surface area (Å²) >= 11 is 1.33. The fourth-order valence-electron chi connectivity index (χ4n) is 2.95. The minimum absolute atomic E-state index is 0.00293. The summed E-state index contributed by atoms with van der Waals surface area (Å²) in [6, 6.07) is 7.42. The summed E-state index contributed by atoms with van der Waals surface area (Å²) in [6.07, 6.45) is 1.57. The molecule has 0 bridgehead atoms. The maximum absolute atomic E-state index is 13.0. The van der Waals surface area contributed by atoms with Gasteiger partial charge in [-0.3, -0.25) is 4.79 Å². The van der Waals surface area contributed by atoms with Crippen molar-refractivity contribution in [3.63, 3.8) is 0 Å². The molecule has 1 aromatic carbocycles. The second kappa shape index (κ2) is 10.1. The predicted octanol–water partition coefficient (Wildman–Crippen LogP) is 1.21. The first kappa shape index (κ1) is 22.9. The van der Waals surface area contributed by atoms with Crippen LogP contribution >= 0.6 is 11.8 Å². The van der Waals surface area contributed by atoms with E-state index in [1.165, 1.54) is 16.4 Å². The Balaban J connectivity index is 1.61. The summed E-state index contributed by atoms with van der Waals surface area (Å²) in [5.74, 6) is 0.475. The Labute approximate surface area is 197 Å². The molecule has 4 aromatic rings. The molecule has 0 unspecified atom stereocenters. The fraction of sp³-hybridized carbons (Fsp3) is 0.263. The molecular formula is C19H21N11O3S. The van der Waals surface area contributed by atoms with Crippen LogP contribution in [0.4, 0.5) is 5.82 Å². The van der Waals surface area contributed by atoms with Crippen LogP contribution in [0, 0.1) is 0 Å². The number of carbonyl (C=O) groups is 1. The van der Waals surface area contributed by atoms with E-state index < -0.39 is 5.91 Å². The normalized spacial score (nSPS) is 11.6. The van der Waals surface area contributed by atoms with E-state index in [4.69, 9.17) is 10.5 Å². The highest BCUT2D eigenvalue weighted by atomic mass is 32.2. The van der Waals surface area contributed by atoms with Crippen LogP contribution < -0.4 is 15.9 Å². The van der Waals surface area contributed by atoms with E-state index >= 15 is 0 Å². The van der Waals surface area contributed by atoms with Crippen molar-refractivity contribution in [3.8, 4) is 11.6 Å². The molecule has 0 spiro atoms. The second-order valence-electron chi connectivity index (χ2n) is 6.85. The van der Waals surface area contributed by atoms with Crippen LogP contribution in [-0.4, -0.2) is 58.3 Å². The van der Waals surface area contributed by atoms with Gasteiger partial charge in [-0.15, -0.1) is 15.3 Å². The highest BCUT2D eigenvalue weighted by molar-refractivity contribution is 7.98. The van der Waals surface area contributed by atoms with Gasteiger partial charge >= 0.3 is 0 Å². The van der Waals surface area contributed by atoms with Gasteiger partial charge in [-0.05, 0) is 36.3 Å². The maximum Gasteiger partial charge on any atom is 0.293 e. The number of para-hydroxylation sites is 1. The third-order valence-electron chi connectivity index (χ3n) is 4.58. The Morgan fingerprint density at radius 3 is 2.82 bits per heavy atom. The molecule has 0 aliphatic heterocycles. The summed E-state index contributed by atoms with van der Waals surface area (Å²) in [6.45, 7) is 4.17. The number of nitrogens with two attached hydrogens (primary N) is 1. The first-order chi connectivity index (χ1) is 16.5. The van der Waals surface area contributed by atoms with Crippen molar-refractivity contribution in [2.45, 2.75) is 24.8 Å². The summed E-state index contributed by atoms with van der Waals surface area (Å²) in [7, 11) is 1.81. The number of ether oxygens (including phenoxy) is 1. The Hall–Kier alpha value is -4.27. The van der Waals surface area contributed by atoms with Crippen molar-refractivity contribution in [1.29, 1.82) is 0 Å². The van der Waals surface area contributed by atoms with Gasteiger partial charge in [0.2, 0.25) is 11.6 Å². The Kier molecular flexibility index (Phi) is 6.82. The topological polar surface area (TPSA) is 177 Å². The van der Waals surface area contributed by atoms with Gasteiger partial charge in [-0.2, -0.15) is 9.78 Å². The summed E-state index contributed by atoms with van der Waals surface area (Å²) in [5.41, 5.74) is 10.1. The lowest BCUT2D eigenvalue weighted by Gasteiger charge is -2.09. The monoisotopic (exact) mass is 483 g/mol. The summed E-state index contributed by atoms with van der Waals surface area (Å²) < 4.78 is 13.3. The van der Waals surface area contributed by atoms with Crippen molar-refractivity contribution in [3.05, 3.63) is 47.5 Å².